The molecule has 0 radical (unpaired) electrons. The molecule has 3 rings (SSSR count). The first kappa shape index (κ1) is 11.0. The molecule has 0 amide bonds. The van der Waals surface area contributed by atoms with Crippen molar-refractivity contribution in [3.63, 3.8) is 0 Å². The Morgan fingerprint density at radius 1 is 1.28 bits per heavy atom. The monoisotopic (exact) mass is 239 g/mol. The maximum atomic E-state index is 12.4. The van der Waals surface area contributed by atoms with E-state index in [1.54, 1.807) is 30.6 Å². The minimum Gasteiger partial charge on any atom is -0.508 e. The molecule has 1 N–H and O–H groups in total. The zero-order valence-electron chi connectivity index (χ0n) is 9.84. The van der Waals surface area contributed by atoms with Crippen LogP contribution < -0.4 is 0 Å². The van der Waals surface area contributed by atoms with E-state index < -0.39 is 0 Å². The summed E-state index contributed by atoms with van der Waals surface area (Å²) in [6.45, 7) is 0. The zero-order chi connectivity index (χ0) is 12.5. The molecular weight excluding hydrogens is 226 g/mol. The van der Waals surface area contributed by atoms with Crippen molar-refractivity contribution in [2.45, 2.75) is 18.8 Å². The number of aryl methyl sites for hydroxylation is 1. The van der Waals surface area contributed by atoms with Crippen LogP contribution in [0, 0.1) is 0 Å². The molecular formula is C15H13NO2. The molecule has 1 aromatic heterocycles. The topological polar surface area (TPSA) is 50.2 Å². The first-order valence-corrected chi connectivity index (χ1v) is 6.02. The molecule has 2 aromatic rings. The van der Waals surface area contributed by atoms with Crippen LogP contribution in [0.3, 0.4) is 0 Å². The number of rotatable bonds is 1. The number of nitrogens with zero attached hydrogens (tertiary/aromatic N) is 1. The Balaban J connectivity index is 2.00. The minimum absolute atomic E-state index is 0.101. The second-order valence-corrected chi connectivity index (χ2v) is 4.58. The first-order valence-electron chi connectivity index (χ1n) is 6.02. The van der Waals surface area contributed by atoms with Crippen molar-refractivity contribution < 1.29 is 9.90 Å². The van der Waals surface area contributed by atoms with Gasteiger partial charge in [0.1, 0.15) is 5.75 Å². The minimum atomic E-state index is -0.101. The van der Waals surface area contributed by atoms with Crippen LogP contribution in [0.15, 0.2) is 42.7 Å². The summed E-state index contributed by atoms with van der Waals surface area (Å²) in [5.74, 6) is 0.251. The Labute approximate surface area is 105 Å². The van der Waals surface area contributed by atoms with Crippen molar-refractivity contribution in [1.29, 1.82) is 0 Å². The van der Waals surface area contributed by atoms with E-state index in [1.165, 1.54) is 0 Å². The van der Waals surface area contributed by atoms with E-state index in [4.69, 9.17) is 0 Å². The quantitative estimate of drug-likeness (QED) is 0.832. The lowest BCUT2D eigenvalue weighted by atomic mass is 9.79. The summed E-state index contributed by atoms with van der Waals surface area (Å²) in [4.78, 5) is 16.5. The Morgan fingerprint density at radius 2 is 2.17 bits per heavy atom. The van der Waals surface area contributed by atoms with Crippen molar-refractivity contribution >= 4 is 5.78 Å². The van der Waals surface area contributed by atoms with E-state index in [9.17, 15) is 9.90 Å². The molecule has 0 aliphatic heterocycles. The average molecular weight is 239 g/mol. The standard InChI is InChI=1S/C15H13NO2/c17-12-4-6-13-10(8-12)3-5-14(15(13)18)11-2-1-7-16-9-11/h1-2,4,6-9,14,17H,3,5H2. The summed E-state index contributed by atoms with van der Waals surface area (Å²) in [6, 6.07) is 8.78. The Kier molecular flexibility index (Phi) is 2.59. The van der Waals surface area contributed by atoms with Gasteiger partial charge in [0, 0.05) is 23.9 Å². The van der Waals surface area contributed by atoms with Gasteiger partial charge in [-0.1, -0.05) is 6.07 Å². The van der Waals surface area contributed by atoms with Crippen molar-refractivity contribution in [3.05, 3.63) is 59.4 Å². The summed E-state index contributed by atoms with van der Waals surface area (Å²) in [5, 5.41) is 9.44. The second-order valence-electron chi connectivity index (χ2n) is 4.58. The molecule has 0 saturated heterocycles. The van der Waals surface area contributed by atoms with Crippen LogP contribution in [0.4, 0.5) is 0 Å². The summed E-state index contributed by atoms with van der Waals surface area (Å²) in [6.07, 6.45) is 5.06. The maximum Gasteiger partial charge on any atom is 0.170 e. The van der Waals surface area contributed by atoms with Crippen LogP contribution in [0.25, 0.3) is 0 Å². The highest BCUT2D eigenvalue weighted by Crippen LogP contribution is 2.33. The van der Waals surface area contributed by atoms with Crippen LogP contribution >= 0.6 is 0 Å². The smallest absolute Gasteiger partial charge is 0.170 e. The van der Waals surface area contributed by atoms with E-state index in [1.807, 2.05) is 12.1 Å². The SMILES string of the molecule is O=C1c2ccc(O)cc2CCC1c1cccnc1. The van der Waals surface area contributed by atoms with Crippen LogP contribution in [0.2, 0.25) is 0 Å². The van der Waals surface area contributed by atoms with Gasteiger partial charge in [0.25, 0.3) is 0 Å². The predicted molar refractivity (Wildman–Crippen MR) is 67.7 cm³/mol. The third-order valence-corrected chi connectivity index (χ3v) is 3.46. The summed E-state index contributed by atoms with van der Waals surface area (Å²) in [5.41, 5.74) is 2.65. The molecule has 18 heavy (non-hydrogen) atoms. The van der Waals surface area contributed by atoms with Gasteiger partial charge in [0.2, 0.25) is 0 Å². The zero-order valence-corrected chi connectivity index (χ0v) is 9.84. The van der Waals surface area contributed by atoms with Crippen LogP contribution in [-0.2, 0) is 6.42 Å². The van der Waals surface area contributed by atoms with Gasteiger partial charge in [-0.15, -0.1) is 0 Å². The number of Topliss-reactive ketones (excluding diaryl/α,β-unsaturated/α-hetero) is 1. The highest BCUT2D eigenvalue weighted by Gasteiger charge is 2.28. The average Bonchev–Trinajstić information content (AvgIpc) is 2.40. The maximum absolute atomic E-state index is 12.4. The number of ketones is 1. The molecule has 1 heterocycles. The Bertz CT molecular complexity index is 593. The van der Waals surface area contributed by atoms with Gasteiger partial charge < -0.3 is 5.11 Å². The number of aromatic nitrogens is 1. The Hall–Kier alpha value is -2.16. The molecule has 1 aliphatic carbocycles. The molecule has 1 unspecified atom stereocenters. The van der Waals surface area contributed by atoms with E-state index in [0.717, 1.165) is 29.5 Å². The molecule has 90 valence electrons. The van der Waals surface area contributed by atoms with Crippen molar-refractivity contribution in [3.8, 4) is 5.75 Å². The Morgan fingerprint density at radius 3 is 2.94 bits per heavy atom. The molecule has 3 nitrogen and oxygen atoms in total. The molecule has 1 atom stereocenters. The number of aromatic hydroxyl groups is 1. The molecule has 3 heteroatoms. The number of hydrogen-bond donors (Lipinski definition) is 1. The largest absolute Gasteiger partial charge is 0.508 e. The van der Waals surface area contributed by atoms with Crippen molar-refractivity contribution in [1.82, 2.24) is 4.98 Å². The fourth-order valence-corrected chi connectivity index (χ4v) is 2.55. The number of hydrogen-bond acceptors (Lipinski definition) is 3. The van der Waals surface area contributed by atoms with Gasteiger partial charge in [-0.2, -0.15) is 0 Å². The van der Waals surface area contributed by atoms with Gasteiger partial charge in [0.15, 0.2) is 5.78 Å². The molecule has 0 bridgehead atoms. The van der Waals surface area contributed by atoms with E-state index in [0.29, 0.717) is 0 Å². The summed E-state index contributed by atoms with van der Waals surface area (Å²) in [7, 11) is 0. The van der Waals surface area contributed by atoms with Crippen LogP contribution in [-0.4, -0.2) is 15.9 Å². The van der Waals surface area contributed by atoms with E-state index in [-0.39, 0.29) is 17.5 Å². The van der Waals surface area contributed by atoms with E-state index >= 15 is 0 Å². The lowest BCUT2D eigenvalue weighted by Gasteiger charge is -2.23. The van der Waals surface area contributed by atoms with Gasteiger partial charge >= 0.3 is 0 Å². The second kappa shape index (κ2) is 4.26. The summed E-state index contributed by atoms with van der Waals surface area (Å²) >= 11 is 0. The van der Waals surface area contributed by atoms with Gasteiger partial charge in [0.05, 0.1) is 0 Å². The molecule has 1 aliphatic rings. The fourth-order valence-electron chi connectivity index (χ4n) is 2.55. The third kappa shape index (κ3) is 1.78. The number of benzene rings is 1. The number of pyridine rings is 1. The fraction of sp³-hybridized carbons (Fsp3) is 0.200. The lowest BCUT2D eigenvalue weighted by Crippen LogP contribution is -2.20. The van der Waals surface area contributed by atoms with Crippen molar-refractivity contribution in [2.75, 3.05) is 0 Å². The highest BCUT2D eigenvalue weighted by atomic mass is 16.3. The van der Waals surface area contributed by atoms with Gasteiger partial charge in [-0.3, -0.25) is 9.78 Å². The number of fused-ring (bicyclic) bond motifs is 1. The van der Waals surface area contributed by atoms with Crippen molar-refractivity contribution in [2.24, 2.45) is 0 Å². The number of carbonyl (C=O) groups is 1. The number of phenolic OH excluding ortho intramolecular Hbond substituents is 1. The predicted octanol–water partition coefficient (Wildman–Crippen LogP) is 2.70. The highest BCUT2D eigenvalue weighted by molar-refractivity contribution is 6.03. The summed E-state index contributed by atoms with van der Waals surface area (Å²) < 4.78 is 0. The van der Waals surface area contributed by atoms with Crippen LogP contribution in [0.1, 0.15) is 33.8 Å². The molecule has 0 spiro atoms. The normalized spacial score (nSPS) is 18.4. The van der Waals surface area contributed by atoms with Gasteiger partial charge in [-0.05, 0) is 48.2 Å². The van der Waals surface area contributed by atoms with Crippen LogP contribution in [0.5, 0.6) is 5.75 Å². The lowest BCUT2D eigenvalue weighted by molar-refractivity contribution is 0.0946. The van der Waals surface area contributed by atoms with Gasteiger partial charge in [-0.25, -0.2) is 0 Å². The molecule has 0 saturated carbocycles. The molecule has 1 aromatic carbocycles. The first-order chi connectivity index (χ1) is 8.75. The molecule has 0 fully saturated rings. The third-order valence-electron chi connectivity index (χ3n) is 3.46. The number of carbonyl (C=O) groups excluding carboxylic acids is 1. The van der Waals surface area contributed by atoms with E-state index in [2.05, 4.69) is 4.98 Å². The number of phenols is 1.